The van der Waals surface area contributed by atoms with Gasteiger partial charge in [-0.3, -0.25) is 4.79 Å². The van der Waals surface area contributed by atoms with E-state index in [0.717, 1.165) is 0 Å². The van der Waals surface area contributed by atoms with Gasteiger partial charge >= 0.3 is 12.0 Å². The lowest BCUT2D eigenvalue weighted by Crippen LogP contribution is -2.51. The lowest BCUT2D eigenvalue weighted by Gasteiger charge is -2.29. The van der Waals surface area contributed by atoms with Crippen LogP contribution in [-0.2, 0) is 14.3 Å². The van der Waals surface area contributed by atoms with Gasteiger partial charge in [0.2, 0.25) is 0 Å². The number of nitrogens with zero attached hydrogens (tertiary/aromatic N) is 1. The zero-order valence-electron chi connectivity index (χ0n) is 11.6. The number of aliphatic carboxylic acids is 1. The topological polar surface area (TPSA) is 88.1 Å². The lowest BCUT2D eigenvalue weighted by atomic mass is 10.0. The molecule has 0 aliphatic carbocycles. The summed E-state index contributed by atoms with van der Waals surface area (Å²) in [6, 6.07) is -0.588. The van der Waals surface area contributed by atoms with Crippen LogP contribution >= 0.6 is 0 Å². The van der Waals surface area contributed by atoms with Crippen LogP contribution in [0.3, 0.4) is 0 Å². The SMILES string of the molecule is COC1(CNC(=O)N(CC(=O)O)C(C)C)CCOC1. The molecular weight excluding hydrogens is 252 g/mol. The van der Waals surface area contributed by atoms with Crippen LogP contribution in [0.1, 0.15) is 20.3 Å². The number of ether oxygens (including phenoxy) is 2. The molecule has 2 amide bonds. The van der Waals surface area contributed by atoms with E-state index in [1.807, 2.05) is 0 Å². The second-order valence-corrected chi connectivity index (χ2v) is 4.96. The van der Waals surface area contributed by atoms with Crippen LogP contribution in [0.2, 0.25) is 0 Å². The number of hydrogen-bond donors (Lipinski definition) is 2. The summed E-state index contributed by atoms with van der Waals surface area (Å²) >= 11 is 0. The molecule has 0 aromatic heterocycles. The third-order valence-electron chi connectivity index (χ3n) is 3.25. The number of carboxylic acids is 1. The molecule has 1 aliphatic rings. The Balaban J connectivity index is 2.54. The fourth-order valence-corrected chi connectivity index (χ4v) is 1.93. The molecule has 0 radical (unpaired) electrons. The molecule has 7 nitrogen and oxygen atoms in total. The molecule has 1 aliphatic heterocycles. The zero-order chi connectivity index (χ0) is 14.5. The molecule has 0 aromatic carbocycles. The summed E-state index contributed by atoms with van der Waals surface area (Å²) in [6.45, 7) is 4.57. The molecular formula is C12H22N2O5. The van der Waals surface area contributed by atoms with Gasteiger partial charge in [0, 0.05) is 26.2 Å². The van der Waals surface area contributed by atoms with Crippen molar-refractivity contribution in [3.8, 4) is 0 Å². The Bertz CT molecular complexity index is 326. The average molecular weight is 274 g/mol. The monoisotopic (exact) mass is 274 g/mol. The van der Waals surface area contributed by atoms with Gasteiger partial charge in [-0.25, -0.2) is 4.79 Å². The summed E-state index contributed by atoms with van der Waals surface area (Å²) in [6.07, 6.45) is 0.713. The maximum Gasteiger partial charge on any atom is 0.323 e. The Hall–Kier alpha value is -1.34. The zero-order valence-corrected chi connectivity index (χ0v) is 11.6. The van der Waals surface area contributed by atoms with Crippen molar-refractivity contribution in [1.29, 1.82) is 0 Å². The van der Waals surface area contributed by atoms with Crippen LogP contribution in [0.5, 0.6) is 0 Å². The van der Waals surface area contributed by atoms with Crippen LogP contribution in [0.15, 0.2) is 0 Å². The summed E-state index contributed by atoms with van der Waals surface area (Å²) in [7, 11) is 1.58. The number of carbonyl (C=O) groups is 2. The van der Waals surface area contributed by atoms with Gasteiger partial charge in [-0.2, -0.15) is 0 Å². The number of methoxy groups -OCH3 is 1. The summed E-state index contributed by atoms with van der Waals surface area (Å²) < 4.78 is 10.7. The van der Waals surface area contributed by atoms with Crippen LogP contribution in [0.25, 0.3) is 0 Å². The fraction of sp³-hybridized carbons (Fsp3) is 0.833. The van der Waals surface area contributed by atoms with E-state index >= 15 is 0 Å². The largest absolute Gasteiger partial charge is 0.480 e. The third-order valence-corrected chi connectivity index (χ3v) is 3.25. The van der Waals surface area contributed by atoms with Crippen LogP contribution < -0.4 is 5.32 Å². The Kier molecular flexibility index (Phi) is 5.56. The van der Waals surface area contributed by atoms with Gasteiger partial charge in [0.25, 0.3) is 0 Å². The molecule has 19 heavy (non-hydrogen) atoms. The highest BCUT2D eigenvalue weighted by Crippen LogP contribution is 2.21. The Morgan fingerprint density at radius 2 is 2.21 bits per heavy atom. The van der Waals surface area contributed by atoms with E-state index in [-0.39, 0.29) is 12.6 Å². The van der Waals surface area contributed by atoms with Gasteiger partial charge < -0.3 is 24.8 Å². The summed E-state index contributed by atoms with van der Waals surface area (Å²) in [5, 5.41) is 11.5. The van der Waals surface area contributed by atoms with Crippen molar-refractivity contribution < 1.29 is 24.2 Å². The predicted molar refractivity (Wildman–Crippen MR) is 68.1 cm³/mol. The number of rotatable bonds is 6. The first-order chi connectivity index (χ1) is 8.90. The van der Waals surface area contributed by atoms with Crippen molar-refractivity contribution in [2.24, 2.45) is 0 Å². The molecule has 1 heterocycles. The average Bonchev–Trinajstić information content (AvgIpc) is 2.82. The predicted octanol–water partition coefficient (Wildman–Crippen LogP) is 0.297. The lowest BCUT2D eigenvalue weighted by molar-refractivity contribution is -0.138. The maximum absolute atomic E-state index is 12.0. The number of urea groups is 1. The Morgan fingerprint density at radius 3 is 2.63 bits per heavy atom. The molecule has 1 atom stereocenters. The van der Waals surface area contributed by atoms with Crippen molar-refractivity contribution in [2.75, 3.05) is 33.4 Å². The fourth-order valence-electron chi connectivity index (χ4n) is 1.93. The number of amides is 2. The van der Waals surface area contributed by atoms with Crippen molar-refractivity contribution in [3.05, 3.63) is 0 Å². The van der Waals surface area contributed by atoms with Gasteiger partial charge in [-0.1, -0.05) is 0 Å². The molecule has 0 aromatic rings. The van der Waals surface area contributed by atoms with Crippen molar-refractivity contribution in [3.63, 3.8) is 0 Å². The summed E-state index contributed by atoms with van der Waals surface area (Å²) in [5.74, 6) is -1.03. The smallest absolute Gasteiger partial charge is 0.323 e. The van der Waals surface area contributed by atoms with Gasteiger partial charge in [0.05, 0.1) is 13.2 Å². The van der Waals surface area contributed by atoms with Gasteiger partial charge in [0.15, 0.2) is 0 Å². The van der Waals surface area contributed by atoms with Crippen LogP contribution in [-0.4, -0.2) is 67.1 Å². The molecule has 0 saturated carbocycles. The molecule has 2 N–H and O–H groups in total. The molecule has 1 fully saturated rings. The van der Waals surface area contributed by atoms with Crippen molar-refractivity contribution in [2.45, 2.75) is 31.9 Å². The van der Waals surface area contributed by atoms with E-state index in [0.29, 0.717) is 26.2 Å². The minimum Gasteiger partial charge on any atom is -0.480 e. The highest BCUT2D eigenvalue weighted by molar-refractivity contribution is 5.80. The van der Waals surface area contributed by atoms with E-state index in [4.69, 9.17) is 14.6 Å². The summed E-state index contributed by atoms with van der Waals surface area (Å²) in [5.41, 5.74) is -0.498. The second-order valence-electron chi connectivity index (χ2n) is 4.96. The van der Waals surface area contributed by atoms with Gasteiger partial charge in [-0.05, 0) is 13.8 Å². The molecule has 0 spiro atoms. The molecule has 1 unspecified atom stereocenters. The minimum atomic E-state index is -1.03. The van der Waals surface area contributed by atoms with Crippen LogP contribution in [0, 0.1) is 0 Å². The standard InChI is InChI=1S/C12H22N2O5/c1-9(2)14(6-10(15)16)11(17)13-7-12(18-3)4-5-19-8-12/h9H,4-8H2,1-3H3,(H,13,17)(H,15,16). The van der Waals surface area contributed by atoms with E-state index in [2.05, 4.69) is 5.32 Å². The molecule has 110 valence electrons. The first-order valence-electron chi connectivity index (χ1n) is 6.29. The molecule has 7 heteroatoms. The van der Waals surface area contributed by atoms with Crippen LogP contribution in [0.4, 0.5) is 4.79 Å². The maximum atomic E-state index is 12.0. The minimum absolute atomic E-state index is 0.186. The first-order valence-corrected chi connectivity index (χ1v) is 6.29. The van der Waals surface area contributed by atoms with E-state index < -0.39 is 17.6 Å². The van der Waals surface area contributed by atoms with Gasteiger partial charge in [-0.15, -0.1) is 0 Å². The van der Waals surface area contributed by atoms with E-state index in [1.54, 1.807) is 21.0 Å². The van der Waals surface area contributed by atoms with E-state index in [9.17, 15) is 9.59 Å². The van der Waals surface area contributed by atoms with Crippen molar-refractivity contribution >= 4 is 12.0 Å². The first kappa shape index (κ1) is 15.7. The number of carbonyl (C=O) groups excluding carboxylic acids is 1. The molecule has 1 saturated heterocycles. The normalized spacial score (nSPS) is 22.5. The Morgan fingerprint density at radius 1 is 1.53 bits per heavy atom. The van der Waals surface area contributed by atoms with E-state index in [1.165, 1.54) is 4.90 Å². The number of nitrogens with one attached hydrogen (secondary N) is 1. The number of hydrogen-bond acceptors (Lipinski definition) is 4. The van der Waals surface area contributed by atoms with Crippen molar-refractivity contribution in [1.82, 2.24) is 10.2 Å². The van der Waals surface area contributed by atoms with Gasteiger partial charge in [0.1, 0.15) is 12.1 Å². The quantitative estimate of drug-likeness (QED) is 0.727. The summed E-state index contributed by atoms with van der Waals surface area (Å²) in [4.78, 5) is 24.0. The highest BCUT2D eigenvalue weighted by Gasteiger charge is 2.35. The Labute approximate surface area is 112 Å². The highest BCUT2D eigenvalue weighted by atomic mass is 16.5. The second kappa shape index (κ2) is 6.72. The third kappa shape index (κ3) is 4.36. The molecule has 0 bridgehead atoms. The number of carboxylic acid groups (broad SMARTS) is 1. The molecule has 1 rings (SSSR count).